The average Bonchev–Trinajstić information content (AvgIpc) is 3.43. The number of likely N-dealkylation sites (tertiary alicyclic amines) is 1. The lowest BCUT2D eigenvalue weighted by Crippen LogP contribution is -2.49. The molecule has 6 nitrogen and oxygen atoms in total. The van der Waals surface area contributed by atoms with Crippen LogP contribution in [0.3, 0.4) is 0 Å². The molecule has 0 spiro atoms. The molecule has 0 bridgehead atoms. The van der Waals surface area contributed by atoms with Crippen LogP contribution >= 0.6 is 0 Å². The Balaban J connectivity index is 1.46. The lowest BCUT2D eigenvalue weighted by atomic mass is 9.89. The second-order valence-electron chi connectivity index (χ2n) is 8.26. The standard InChI is InChI=1S/C25H30N2O4/c1-30-22-10-3-2-9-21(22)20-8-4-7-19(17-20)18-25(12-6-16-31-25)24(29)26-13-15-27-14-5-11-23(27)28/h2-4,7-10,17H,5-6,11-16,18H2,1H3,(H,26,29). The maximum atomic E-state index is 13.1. The summed E-state index contributed by atoms with van der Waals surface area (Å²) in [4.78, 5) is 26.7. The zero-order valence-corrected chi connectivity index (χ0v) is 18.1. The summed E-state index contributed by atoms with van der Waals surface area (Å²) in [6.45, 7) is 2.39. The van der Waals surface area contributed by atoms with Crippen molar-refractivity contribution in [3.63, 3.8) is 0 Å². The molecule has 164 valence electrons. The Morgan fingerprint density at radius 2 is 2.06 bits per heavy atom. The van der Waals surface area contributed by atoms with Crippen LogP contribution in [0.25, 0.3) is 11.1 Å². The molecule has 1 atom stereocenters. The van der Waals surface area contributed by atoms with Gasteiger partial charge in [0, 0.05) is 44.6 Å². The number of rotatable bonds is 8. The molecular weight excluding hydrogens is 392 g/mol. The van der Waals surface area contributed by atoms with Gasteiger partial charge in [0.2, 0.25) is 5.91 Å². The summed E-state index contributed by atoms with van der Waals surface area (Å²) in [5, 5.41) is 3.02. The Morgan fingerprint density at radius 1 is 1.19 bits per heavy atom. The zero-order valence-electron chi connectivity index (χ0n) is 18.1. The number of ether oxygens (including phenoxy) is 2. The van der Waals surface area contributed by atoms with Crippen molar-refractivity contribution in [3.8, 4) is 16.9 Å². The largest absolute Gasteiger partial charge is 0.496 e. The molecule has 2 aromatic rings. The quantitative estimate of drug-likeness (QED) is 0.710. The summed E-state index contributed by atoms with van der Waals surface area (Å²) >= 11 is 0. The first-order valence-corrected chi connectivity index (χ1v) is 11.0. The molecule has 2 fully saturated rings. The first-order valence-electron chi connectivity index (χ1n) is 11.0. The lowest BCUT2D eigenvalue weighted by Gasteiger charge is -2.28. The van der Waals surface area contributed by atoms with Gasteiger partial charge in [-0.25, -0.2) is 0 Å². The Kier molecular flexibility index (Phi) is 6.56. The minimum Gasteiger partial charge on any atom is -0.496 e. The second kappa shape index (κ2) is 9.52. The molecule has 2 aromatic carbocycles. The number of carbonyl (C=O) groups excluding carboxylic acids is 2. The van der Waals surface area contributed by atoms with E-state index >= 15 is 0 Å². The number of para-hydroxylation sites is 1. The van der Waals surface area contributed by atoms with E-state index in [9.17, 15) is 9.59 Å². The van der Waals surface area contributed by atoms with Crippen molar-refractivity contribution in [2.45, 2.75) is 37.7 Å². The first-order chi connectivity index (χ1) is 15.1. The Bertz CT molecular complexity index is 937. The van der Waals surface area contributed by atoms with E-state index in [-0.39, 0.29) is 11.8 Å². The molecule has 0 aromatic heterocycles. The summed E-state index contributed by atoms with van der Waals surface area (Å²) in [5.41, 5.74) is 2.27. The van der Waals surface area contributed by atoms with E-state index in [4.69, 9.17) is 9.47 Å². The topological polar surface area (TPSA) is 67.9 Å². The fourth-order valence-corrected chi connectivity index (χ4v) is 4.56. The van der Waals surface area contributed by atoms with Gasteiger partial charge in [0.05, 0.1) is 7.11 Å². The number of nitrogens with zero attached hydrogens (tertiary/aromatic N) is 1. The van der Waals surface area contributed by atoms with Crippen molar-refractivity contribution in [2.75, 3.05) is 33.4 Å². The molecule has 31 heavy (non-hydrogen) atoms. The summed E-state index contributed by atoms with van der Waals surface area (Å²) in [6, 6.07) is 16.1. The van der Waals surface area contributed by atoms with Gasteiger partial charge in [-0.3, -0.25) is 9.59 Å². The van der Waals surface area contributed by atoms with E-state index in [2.05, 4.69) is 17.4 Å². The third-order valence-electron chi connectivity index (χ3n) is 6.19. The molecule has 0 radical (unpaired) electrons. The van der Waals surface area contributed by atoms with Crippen molar-refractivity contribution in [2.24, 2.45) is 0 Å². The minimum atomic E-state index is -0.853. The van der Waals surface area contributed by atoms with Crippen LogP contribution in [0.2, 0.25) is 0 Å². The summed E-state index contributed by atoms with van der Waals surface area (Å²) < 4.78 is 11.5. The van der Waals surface area contributed by atoms with E-state index in [1.807, 2.05) is 41.3 Å². The van der Waals surface area contributed by atoms with Gasteiger partial charge in [-0.1, -0.05) is 42.5 Å². The van der Waals surface area contributed by atoms with E-state index in [0.29, 0.717) is 39.0 Å². The van der Waals surface area contributed by atoms with Crippen LogP contribution < -0.4 is 10.1 Å². The highest BCUT2D eigenvalue weighted by molar-refractivity contribution is 5.86. The smallest absolute Gasteiger partial charge is 0.252 e. The molecule has 0 aliphatic carbocycles. The summed E-state index contributed by atoms with van der Waals surface area (Å²) in [6.07, 6.45) is 3.60. The van der Waals surface area contributed by atoms with E-state index in [1.54, 1.807) is 7.11 Å². The SMILES string of the molecule is COc1ccccc1-c1cccc(CC2(C(=O)NCCN3CCCC3=O)CCCO2)c1. The number of hydrogen-bond donors (Lipinski definition) is 1. The lowest BCUT2D eigenvalue weighted by molar-refractivity contribution is -0.141. The Hall–Kier alpha value is -2.86. The molecule has 0 saturated carbocycles. The van der Waals surface area contributed by atoms with E-state index < -0.39 is 5.60 Å². The normalized spacial score (nSPS) is 20.8. The number of methoxy groups -OCH3 is 1. The Morgan fingerprint density at radius 3 is 2.81 bits per heavy atom. The summed E-state index contributed by atoms with van der Waals surface area (Å²) in [5.74, 6) is 0.911. The van der Waals surface area contributed by atoms with E-state index in [1.165, 1.54) is 0 Å². The predicted molar refractivity (Wildman–Crippen MR) is 119 cm³/mol. The number of amides is 2. The van der Waals surface area contributed by atoms with Crippen LogP contribution in [0.1, 0.15) is 31.2 Å². The van der Waals surface area contributed by atoms with Crippen molar-refractivity contribution >= 4 is 11.8 Å². The fraction of sp³-hybridized carbons (Fsp3) is 0.440. The zero-order chi connectivity index (χ0) is 21.7. The molecule has 2 aliphatic heterocycles. The van der Waals surface area contributed by atoms with Crippen LogP contribution in [0, 0.1) is 0 Å². The van der Waals surface area contributed by atoms with Crippen molar-refractivity contribution < 1.29 is 19.1 Å². The van der Waals surface area contributed by atoms with Gasteiger partial charge in [-0.05, 0) is 36.5 Å². The number of benzene rings is 2. The average molecular weight is 423 g/mol. The summed E-state index contributed by atoms with van der Waals surface area (Å²) in [7, 11) is 1.67. The predicted octanol–water partition coefficient (Wildman–Crippen LogP) is 3.19. The van der Waals surface area contributed by atoms with Crippen LogP contribution in [-0.4, -0.2) is 55.7 Å². The first kappa shape index (κ1) is 21.4. The molecule has 1 unspecified atom stereocenters. The third kappa shape index (κ3) is 4.74. The number of hydrogen-bond acceptors (Lipinski definition) is 4. The van der Waals surface area contributed by atoms with Gasteiger partial charge in [0.1, 0.15) is 5.75 Å². The van der Waals surface area contributed by atoms with Crippen molar-refractivity contribution in [1.82, 2.24) is 10.2 Å². The molecule has 1 N–H and O–H groups in total. The molecule has 6 heteroatoms. The monoisotopic (exact) mass is 422 g/mol. The third-order valence-corrected chi connectivity index (χ3v) is 6.19. The maximum absolute atomic E-state index is 13.1. The van der Waals surface area contributed by atoms with Gasteiger partial charge in [0.25, 0.3) is 5.91 Å². The van der Waals surface area contributed by atoms with Crippen LogP contribution in [0.15, 0.2) is 48.5 Å². The number of carbonyl (C=O) groups is 2. The Labute approximate surface area is 183 Å². The van der Waals surface area contributed by atoms with Crippen LogP contribution in [-0.2, 0) is 20.7 Å². The van der Waals surface area contributed by atoms with Gasteiger partial charge in [-0.15, -0.1) is 0 Å². The van der Waals surface area contributed by atoms with Crippen LogP contribution in [0.5, 0.6) is 5.75 Å². The van der Waals surface area contributed by atoms with Gasteiger partial charge in [0.15, 0.2) is 5.60 Å². The minimum absolute atomic E-state index is 0.0839. The molecular formula is C25H30N2O4. The molecule has 2 amide bonds. The van der Waals surface area contributed by atoms with Crippen LogP contribution in [0.4, 0.5) is 0 Å². The van der Waals surface area contributed by atoms with Crippen molar-refractivity contribution in [1.29, 1.82) is 0 Å². The fourth-order valence-electron chi connectivity index (χ4n) is 4.56. The molecule has 2 aliphatic rings. The van der Waals surface area contributed by atoms with Gasteiger partial charge in [-0.2, -0.15) is 0 Å². The van der Waals surface area contributed by atoms with Crippen molar-refractivity contribution in [3.05, 3.63) is 54.1 Å². The molecule has 2 saturated heterocycles. The maximum Gasteiger partial charge on any atom is 0.252 e. The highest BCUT2D eigenvalue weighted by Crippen LogP contribution is 2.33. The highest BCUT2D eigenvalue weighted by Gasteiger charge is 2.42. The number of nitrogens with one attached hydrogen (secondary N) is 1. The van der Waals surface area contributed by atoms with Gasteiger partial charge < -0.3 is 19.7 Å². The van der Waals surface area contributed by atoms with E-state index in [0.717, 1.165) is 41.8 Å². The second-order valence-corrected chi connectivity index (χ2v) is 8.26. The molecule has 4 rings (SSSR count). The van der Waals surface area contributed by atoms with Gasteiger partial charge >= 0.3 is 0 Å². The molecule has 2 heterocycles. The highest BCUT2D eigenvalue weighted by atomic mass is 16.5.